The highest BCUT2D eigenvalue weighted by molar-refractivity contribution is 6.32. The van der Waals surface area contributed by atoms with Crippen molar-refractivity contribution >= 4 is 34.4 Å². The average molecular weight is 387 g/mol. The summed E-state index contributed by atoms with van der Waals surface area (Å²) in [4.78, 5) is 24.3. The van der Waals surface area contributed by atoms with Gasteiger partial charge < -0.3 is 4.42 Å². The van der Waals surface area contributed by atoms with Gasteiger partial charge >= 0.3 is 5.63 Å². The topological polar surface area (TPSA) is 47.3 Å². The molecule has 136 valence electrons. The molecule has 28 heavy (non-hydrogen) atoms. The Morgan fingerprint density at radius 3 is 2.39 bits per heavy atom. The number of ketones is 1. The highest BCUT2D eigenvalue weighted by Crippen LogP contribution is 2.27. The van der Waals surface area contributed by atoms with Crippen molar-refractivity contribution in [1.29, 1.82) is 0 Å². The highest BCUT2D eigenvalue weighted by Gasteiger charge is 2.09. The zero-order valence-electron chi connectivity index (χ0n) is 14.8. The van der Waals surface area contributed by atoms with Crippen LogP contribution in [0.3, 0.4) is 0 Å². The largest absolute Gasteiger partial charge is 0.423 e. The Bertz CT molecular complexity index is 1250. The van der Waals surface area contributed by atoms with Crippen molar-refractivity contribution < 1.29 is 9.21 Å². The summed E-state index contributed by atoms with van der Waals surface area (Å²) >= 11 is 6.11. The maximum atomic E-state index is 12.4. The van der Waals surface area contributed by atoms with E-state index in [0.717, 1.165) is 22.1 Å². The summed E-state index contributed by atoms with van der Waals surface area (Å²) in [5, 5.41) is 1.44. The summed E-state index contributed by atoms with van der Waals surface area (Å²) in [5.74, 6) is -0.121. The van der Waals surface area contributed by atoms with E-state index in [2.05, 4.69) is 0 Å². The van der Waals surface area contributed by atoms with Crippen LogP contribution in [0.4, 0.5) is 0 Å². The number of hydrogen-bond donors (Lipinski definition) is 0. The van der Waals surface area contributed by atoms with E-state index in [1.165, 1.54) is 12.1 Å². The van der Waals surface area contributed by atoms with E-state index in [1.54, 1.807) is 30.3 Å². The Kier molecular flexibility index (Phi) is 4.92. The molecule has 1 aromatic heterocycles. The minimum absolute atomic E-state index is 0.121. The van der Waals surface area contributed by atoms with Gasteiger partial charge in [0.25, 0.3) is 0 Å². The number of para-hydroxylation sites is 1. The first-order valence-corrected chi connectivity index (χ1v) is 9.10. The Morgan fingerprint density at radius 2 is 1.61 bits per heavy atom. The van der Waals surface area contributed by atoms with E-state index in [9.17, 15) is 9.59 Å². The summed E-state index contributed by atoms with van der Waals surface area (Å²) in [6.07, 6.45) is 3.21. The van der Waals surface area contributed by atoms with Crippen molar-refractivity contribution in [3.63, 3.8) is 0 Å². The molecule has 0 bridgehead atoms. The standard InChI is InChI=1S/C24H15ClO3/c25-21-7-3-1-5-17(21)13-14-22(26)18-11-9-16(10-12-18)20-15-24(27)28-23-8-4-2-6-19(20)23/h1-15H. The fourth-order valence-electron chi connectivity index (χ4n) is 3.04. The van der Waals surface area contributed by atoms with Gasteiger partial charge in [0.2, 0.25) is 0 Å². The third-order valence-electron chi connectivity index (χ3n) is 4.45. The average Bonchev–Trinajstić information content (AvgIpc) is 2.72. The molecule has 0 saturated heterocycles. The summed E-state index contributed by atoms with van der Waals surface area (Å²) in [5.41, 5.74) is 3.09. The summed E-state index contributed by atoms with van der Waals surface area (Å²) in [6, 6.07) is 23.3. The van der Waals surface area contributed by atoms with Crippen LogP contribution < -0.4 is 5.63 Å². The van der Waals surface area contributed by atoms with Crippen LogP contribution in [0.15, 0.2) is 94.2 Å². The van der Waals surface area contributed by atoms with Crippen LogP contribution in [0.25, 0.3) is 28.2 Å². The number of hydrogen-bond acceptors (Lipinski definition) is 3. The predicted molar refractivity (Wildman–Crippen MR) is 113 cm³/mol. The molecule has 0 fully saturated rings. The number of fused-ring (bicyclic) bond motifs is 1. The third kappa shape index (κ3) is 3.66. The van der Waals surface area contributed by atoms with Gasteiger partial charge in [0, 0.05) is 22.0 Å². The Labute approximate surface area is 166 Å². The molecule has 0 saturated carbocycles. The summed E-state index contributed by atoms with van der Waals surface area (Å²) < 4.78 is 5.24. The molecule has 3 aromatic carbocycles. The maximum Gasteiger partial charge on any atom is 0.336 e. The van der Waals surface area contributed by atoms with Gasteiger partial charge in [-0.3, -0.25) is 4.79 Å². The highest BCUT2D eigenvalue weighted by atomic mass is 35.5. The molecule has 4 aromatic rings. The number of halogens is 1. The number of carbonyl (C=O) groups is 1. The van der Waals surface area contributed by atoms with Gasteiger partial charge in [0.05, 0.1) is 0 Å². The molecule has 4 heteroatoms. The number of rotatable bonds is 4. The normalized spacial score (nSPS) is 11.2. The minimum Gasteiger partial charge on any atom is -0.423 e. The number of carbonyl (C=O) groups excluding carboxylic acids is 1. The van der Waals surface area contributed by atoms with Crippen molar-refractivity contribution in [3.8, 4) is 11.1 Å². The van der Waals surface area contributed by atoms with Crippen LogP contribution in [0.5, 0.6) is 0 Å². The van der Waals surface area contributed by atoms with E-state index in [1.807, 2.05) is 48.5 Å². The van der Waals surface area contributed by atoms with Crippen molar-refractivity contribution in [3.05, 3.63) is 112 Å². The maximum absolute atomic E-state index is 12.4. The Balaban J connectivity index is 1.64. The number of allylic oxidation sites excluding steroid dienone is 1. The lowest BCUT2D eigenvalue weighted by atomic mass is 9.99. The molecule has 0 aliphatic carbocycles. The molecular weight excluding hydrogens is 372 g/mol. The Hall–Kier alpha value is -3.43. The first-order chi connectivity index (χ1) is 13.6. The van der Waals surface area contributed by atoms with Crippen LogP contribution in [0, 0.1) is 0 Å². The van der Waals surface area contributed by atoms with Gasteiger partial charge in [0.15, 0.2) is 5.78 Å². The van der Waals surface area contributed by atoms with E-state index in [-0.39, 0.29) is 5.78 Å². The lowest BCUT2D eigenvalue weighted by Crippen LogP contribution is -1.98. The van der Waals surface area contributed by atoms with E-state index >= 15 is 0 Å². The van der Waals surface area contributed by atoms with Crippen molar-refractivity contribution in [2.24, 2.45) is 0 Å². The van der Waals surface area contributed by atoms with Crippen molar-refractivity contribution in [2.45, 2.75) is 0 Å². The third-order valence-corrected chi connectivity index (χ3v) is 4.79. The molecule has 0 unspecified atom stereocenters. The summed E-state index contributed by atoms with van der Waals surface area (Å²) in [6.45, 7) is 0. The van der Waals surface area contributed by atoms with Crippen LogP contribution in [0.2, 0.25) is 5.02 Å². The second kappa shape index (κ2) is 7.67. The lowest BCUT2D eigenvalue weighted by molar-refractivity contribution is 0.104. The zero-order chi connectivity index (χ0) is 19.5. The fraction of sp³-hybridized carbons (Fsp3) is 0. The molecular formula is C24H15ClO3. The fourth-order valence-corrected chi connectivity index (χ4v) is 3.24. The van der Waals surface area contributed by atoms with E-state index in [0.29, 0.717) is 16.2 Å². The molecule has 3 nitrogen and oxygen atoms in total. The molecule has 0 spiro atoms. The lowest BCUT2D eigenvalue weighted by Gasteiger charge is -2.06. The number of benzene rings is 3. The van der Waals surface area contributed by atoms with Gasteiger partial charge in [-0.15, -0.1) is 0 Å². The van der Waals surface area contributed by atoms with Gasteiger partial charge in [-0.2, -0.15) is 0 Å². The molecule has 0 atom stereocenters. The monoisotopic (exact) mass is 386 g/mol. The van der Waals surface area contributed by atoms with E-state index < -0.39 is 5.63 Å². The zero-order valence-corrected chi connectivity index (χ0v) is 15.5. The molecule has 0 aliphatic heterocycles. The second-order valence-electron chi connectivity index (χ2n) is 6.27. The molecule has 1 heterocycles. The van der Waals surface area contributed by atoms with Crippen LogP contribution in [0.1, 0.15) is 15.9 Å². The molecule has 0 aliphatic rings. The van der Waals surface area contributed by atoms with Gasteiger partial charge in [-0.1, -0.05) is 72.3 Å². The smallest absolute Gasteiger partial charge is 0.336 e. The van der Waals surface area contributed by atoms with Crippen LogP contribution >= 0.6 is 11.6 Å². The quantitative estimate of drug-likeness (QED) is 0.245. The molecule has 0 N–H and O–H groups in total. The van der Waals surface area contributed by atoms with Gasteiger partial charge in [-0.05, 0) is 41.0 Å². The summed E-state index contributed by atoms with van der Waals surface area (Å²) in [7, 11) is 0. The Morgan fingerprint density at radius 1 is 0.893 bits per heavy atom. The SMILES string of the molecule is O=C(C=Cc1ccccc1Cl)c1ccc(-c2cc(=O)oc3ccccc23)cc1. The van der Waals surface area contributed by atoms with E-state index in [4.69, 9.17) is 16.0 Å². The van der Waals surface area contributed by atoms with Gasteiger partial charge in [-0.25, -0.2) is 4.79 Å². The molecule has 4 rings (SSSR count). The van der Waals surface area contributed by atoms with Crippen molar-refractivity contribution in [2.75, 3.05) is 0 Å². The second-order valence-corrected chi connectivity index (χ2v) is 6.68. The predicted octanol–water partition coefficient (Wildman–Crippen LogP) is 6.01. The van der Waals surface area contributed by atoms with Crippen LogP contribution in [-0.4, -0.2) is 5.78 Å². The minimum atomic E-state index is -0.406. The van der Waals surface area contributed by atoms with Crippen molar-refractivity contribution in [1.82, 2.24) is 0 Å². The first-order valence-electron chi connectivity index (χ1n) is 8.72. The first kappa shape index (κ1) is 18.0. The van der Waals surface area contributed by atoms with Gasteiger partial charge in [0.1, 0.15) is 5.58 Å². The molecule has 0 radical (unpaired) electrons. The van der Waals surface area contributed by atoms with Crippen LogP contribution in [-0.2, 0) is 0 Å². The molecule has 0 amide bonds.